The number of alkyl halides is 3. The highest BCUT2D eigenvalue weighted by Crippen LogP contribution is 2.34. The summed E-state index contributed by atoms with van der Waals surface area (Å²) in [5, 5.41) is 7.52. The zero-order chi connectivity index (χ0) is 32.1. The number of hydrogen-bond donors (Lipinski definition) is 1. The van der Waals surface area contributed by atoms with Crippen LogP contribution in [0.4, 0.5) is 23.7 Å². The second kappa shape index (κ2) is 13.4. The largest absolute Gasteiger partial charge is 0.573 e. The number of nitrogens with zero attached hydrogens (tertiary/aromatic N) is 5. The minimum Gasteiger partial charge on any atom is -0.406 e. The number of amides is 3. The SMILES string of the molecule is Cc1ccc(C(C)C)c(N2C(=O)CSC2=NC(=O)NCC=Cc2cccc(-c3ncn(-c4ccc(OC(F)(F)F)cc4)n3)c2)c1. The molecule has 0 spiro atoms. The molecule has 2 heterocycles. The number of aromatic nitrogens is 3. The molecule has 5 rings (SSSR count). The van der Waals surface area contributed by atoms with Gasteiger partial charge >= 0.3 is 12.4 Å². The Hall–Kier alpha value is -4.91. The van der Waals surface area contributed by atoms with Gasteiger partial charge < -0.3 is 10.1 Å². The van der Waals surface area contributed by atoms with Crippen molar-refractivity contribution >= 4 is 40.6 Å². The first-order chi connectivity index (χ1) is 21.5. The molecule has 0 radical (unpaired) electrons. The molecule has 1 N–H and O–H groups in total. The van der Waals surface area contributed by atoms with Crippen LogP contribution in [0.3, 0.4) is 0 Å². The second-order valence-electron chi connectivity index (χ2n) is 10.4. The first-order valence-corrected chi connectivity index (χ1v) is 14.9. The highest BCUT2D eigenvalue weighted by Gasteiger charge is 2.33. The van der Waals surface area contributed by atoms with Crippen molar-refractivity contribution in [1.29, 1.82) is 0 Å². The van der Waals surface area contributed by atoms with E-state index in [1.165, 1.54) is 51.9 Å². The average molecular weight is 635 g/mol. The number of thioether (sulfide) groups is 1. The number of aliphatic imine (C=N–C) groups is 1. The van der Waals surface area contributed by atoms with Crippen molar-refractivity contribution in [3.8, 4) is 22.8 Å². The van der Waals surface area contributed by atoms with Crippen molar-refractivity contribution in [2.75, 3.05) is 17.2 Å². The molecule has 45 heavy (non-hydrogen) atoms. The third kappa shape index (κ3) is 7.98. The van der Waals surface area contributed by atoms with Gasteiger partial charge in [-0.2, -0.15) is 4.99 Å². The summed E-state index contributed by atoms with van der Waals surface area (Å²) in [5.74, 6) is 0.377. The zero-order valence-electron chi connectivity index (χ0n) is 24.6. The van der Waals surface area contributed by atoms with E-state index in [0.29, 0.717) is 16.7 Å². The van der Waals surface area contributed by atoms with Crippen molar-refractivity contribution in [1.82, 2.24) is 20.1 Å². The first kappa shape index (κ1) is 31.5. The number of amidine groups is 1. The molecule has 0 saturated carbocycles. The van der Waals surface area contributed by atoms with Gasteiger partial charge in [-0.25, -0.2) is 14.5 Å². The maximum absolute atomic E-state index is 12.8. The summed E-state index contributed by atoms with van der Waals surface area (Å²) in [7, 11) is 0. The fraction of sp³-hybridized carbons (Fsp3) is 0.219. The summed E-state index contributed by atoms with van der Waals surface area (Å²) < 4.78 is 42.6. The monoisotopic (exact) mass is 634 g/mol. The summed E-state index contributed by atoms with van der Waals surface area (Å²) in [6, 6.07) is 18.1. The molecule has 13 heteroatoms. The topological polar surface area (TPSA) is 102 Å². The number of anilines is 1. The third-order valence-corrected chi connectivity index (χ3v) is 7.59. The lowest BCUT2D eigenvalue weighted by Crippen LogP contribution is -2.32. The molecule has 1 saturated heterocycles. The Bertz CT molecular complexity index is 1770. The summed E-state index contributed by atoms with van der Waals surface area (Å²) >= 11 is 1.23. The smallest absolute Gasteiger partial charge is 0.406 e. The van der Waals surface area contributed by atoms with Gasteiger partial charge in [0.2, 0.25) is 5.91 Å². The maximum Gasteiger partial charge on any atom is 0.573 e. The molecule has 3 amide bonds. The molecule has 0 atom stereocenters. The lowest BCUT2D eigenvalue weighted by atomic mass is 9.99. The van der Waals surface area contributed by atoms with E-state index in [1.807, 2.05) is 55.5 Å². The van der Waals surface area contributed by atoms with Gasteiger partial charge in [0, 0.05) is 12.1 Å². The van der Waals surface area contributed by atoms with Gasteiger partial charge in [-0.15, -0.1) is 18.3 Å². The molecule has 1 aliphatic heterocycles. The molecule has 9 nitrogen and oxygen atoms in total. The Balaban J connectivity index is 1.21. The van der Waals surface area contributed by atoms with Crippen LogP contribution in [0.2, 0.25) is 0 Å². The van der Waals surface area contributed by atoms with Gasteiger partial charge in [-0.3, -0.25) is 9.69 Å². The molecule has 0 aliphatic carbocycles. The van der Waals surface area contributed by atoms with Crippen molar-refractivity contribution < 1.29 is 27.5 Å². The highest BCUT2D eigenvalue weighted by atomic mass is 32.2. The lowest BCUT2D eigenvalue weighted by molar-refractivity contribution is -0.274. The first-order valence-electron chi connectivity index (χ1n) is 13.9. The normalized spacial score (nSPS) is 14.6. The van der Waals surface area contributed by atoms with Gasteiger partial charge in [-0.05, 0) is 65.9 Å². The summed E-state index contributed by atoms with van der Waals surface area (Å²) in [4.78, 5) is 35.5. The van der Waals surface area contributed by atoms with Crippen LogP contribution in [0.15, 0.2) is 84.1 Å². The van der Waals surface area contributed by atoms with Crippen molar-refractivity contribution in [3.63, 3.8) is 0 Å². The molecule has 0 bridgehead atoms. The summed E-state index contributed by atoms with van der Waals surface area (Å²) in [5.41, 5.74) is 4.84. The quantitative estimate of drug-likeness (QED) is 0.221. The number of benzene rings is 3. The Morgan fingerprint density at radius 2 is 1.91 bits per heavy atom. The summed E-state index contributed by atoms with van der Waals surface area (Å²) in [6.07, 6.45) is 0.304. The number of carbonyl (C=O) groups excluding carboxylic acids is 2. The van der Waals surface area contributed by atoms with Crippen LogP contribution >= 0.6 is 11.8 Å². The minimum atomic E-state index is -4.76. The average Bonchev–Trinajstić information content (AvgIpc) is 3.62. The van der Waals surface area contributed by atoms with Crippen LogP contribution in [-0.2, 0) is 4.79 Å². The molecule has 1 fully saturated rings. The Labute approximate surface area is 261 Å². The molecule has 4 aromatic rings. The maximum atomic E-state index is 12.8. The molecule has 1 aromatic heterocycles. The van der Waals surface area contributed by atoms with Crippen molar-refractivity contribution in [2.45, 2.75) is 33.1 Å². The molecule has 232 valence electrons. The Morgan fingerprint density at radius 1 is 1.13 bits per heavy atom. The predicted octanol–water partition coefficient (Wildman–Crippen LogP) is 7.12. The number of urea groups is 1. The Morgan fingerprint density at radius 3 is 2.64 bits per heavy atom. The highest BCUT2D eigenvalue weighted by molar-refractivity contribution is 8.15. The number of aryl methyl sites for hydroxylation is 1. The van der Waals surface area contributed by atoms with E-state index in [-0.39, 0.29) is 29.9 Å². The van der Waals surface area contributed by atoms with Crippen LogP contribution in [-0.4, -0.2) is 50.5 Å². The molecular weight excluding hydrogens is 605 g/mol. The van der Waals surface area contributed by atoms with E-state index in [9.17, 15) is 22.8 Å². The van der Waals surface area contributed by atoms with E-state index in [2.05, 4.69) is 39.0 Å². The Kier molecular flexibility index (Phi) is 9.37. The fourth-order valence-corrected chi connectivity index (χ4v) is 5.45. The number of rotatable bonds is 8. The van der Waals surface area contributed by atoms with Gasteiger partial charge in [-0.1, -0.05) is 68.1 Å². The van der Waals surface area contributed by atoms with Crippen LogP contribution < -0.4 is 15.0 Å². The van der Waals surface area contributed by atoms with Gasteiger partial charge in [0.25, 0.3) is 0 Å². The van der Waals surface area contributed by atoms with E-state index >= 15 is 0 Å². The van der Waals surface area contributed by atoms with E-state index < -0.39 is 12.4 Å². The van der Waals surface area contributed by atoms with Gasteiger partial charge in [0.1, 0.15) is 12.1 Å². The lowest BCUT2D eigenvalue weighted by Gasteiger charge is -2.22. The van der Waals surface area contributed by atoms with Crippen molar-refractivity contribution in [2.24, 2.45) is 4.99 Å². The van der Waals surface area contributed by atoms with Crippen LogP contribution in [0, 0.1) is 6.92 Å². The van der Waals surface area contributed by atoms with Crippen LogP contribution in [0.25, 0.3) is 23.2 Å². The van der Waals surface area contributed by atoms with Gasteiger partial charge in [0.15, 0.2) is 11.0 Å². The van der Waals surface area contributed by atoms with Crippen LogP contribution in [0.5, 0.6) is 5.75 Å². The third-order valence-electron chi connectivity index (χ3n) is 6.66. The number of hydrogen-bond acceptors (Lipinski definition) is 6. The predicted molar refractivity (Wildman–Crippen MR) is 169 cm³/mol. The minimum absolute atomic E-state index is 0.119. The number of ether oxygens (including phenoxy) is 1. The number of nitrogens with one attached hydrogen (secondary N) is 1. The molecular formula is C32H29F3N6O3S. The van der Waals surface area contributed by atoms with Gasteiger partial charge in [0.05, 0.1) is 17.1 Å². The number of halogens is 3. The fourth-order valence-electron chi connectivity index (χ4n) is 4.59. The van der Waals surface area contributed by atoms with E-state index in [0.717, 1.165) is 27.9 Å². The van der Waals surface area contributed by atoms with E-state index in [4.69, 9.17) is 0 Å². The van der Waals surface area contributed by atoms with Crippen molar-refractivity contribution in [3.05, 3.63) is 95.8 Å². The number of carbonyl (C=O) groups is 2. The van der Waals surface area contributed by atoms with E-state index in [1.54, 1.807) is 6.08 Å². The molecule has 0 unspecified atom stereocenters. The van der Waals surface area contributed by atoms with Crippen LogP contribution in [0.1, 0.15) is 36.5 Å². The zero-order valence-corrected chi connectivity index (χ0v) is 25.4. The standard InChI is InChI=1S/C32H29F3N6O3S/c1-20(2)26-14-9-21(3)16-27(26)41-28(42)18-45-31(41)38-30(43)36-15-5-7-22-6-4-8-23(17-22)29-37-19-40(39-29)24-10-12-25(13-11-24)44-32(33,34)35/h4-14,16-17,19-20H,15,18H2,1-3H3,(H,36,43). The molecule has 3 aromatic carbocycles. The second-order valence-corrected chi connectivity index (χ2v) is 11.3. The summed E-state index contributed by atoms with van der Waals surface area (Å²) in [6.45, 7) is 6.28. The molecule has 1 aliphatic rings.